The first-order valence-corrected chi connectivity index (χ1v) is 11.5. The molecule has 0 radical (unpaired) electrons. The Kier molecular flexibility index (Phi) is 8.84. The number of nitro groups is 1. The van der Waals surface area contributed by atoms with Gasteiger partial charge in [-0.15, -0.1) is 0 Å². The summed E-state index contributed by atoms with van der Waals surface area (Å²) in [6.45, 7) is 2.22. The molecule has 3 aromatic rings. The molecule has 0 saturated carbocycles. The van der Waals surface area contributed by atoms with E-state index in [9.17, 15) is 20.2 Å². The minimum absolute atomic E-state index is 0.0182. The van der Waals surface area contributed by atoms with Gasteiger partial charge < -0.3 is 14.8 Å². The smallest absolute Gasteiger partial charge is 0.269 e. The number of benzene rings is 3. The number of nitrogens with zero attached hydrogens (tertiary/aromatic N) is 2. The van der Waals surface area contributed by atoms with Crippen molar-refractivity contribution in [1.29, 1.82) is 5.26 Å². The zero-order chi connectivity index (χ0) is 25.4. The van der Waals surface area contributed by atoms with Crippen molar-refractivity contribution in [1.82, 2.24) is 0 Å². The average molecular weight is 557 g/mol. The Labute approximate surface area is 215 Å². The number of hydrogen-bond donors (Lipinski definition) is 1. The topological polar surface area (TPSA) is 114 Å². The third-order valence-corrected chi connectivity index (χ3v) is 5.45. The van der Waals surface area contributed by atoms with Gasteiger partial charge in [-0.1, -0.05) is 27.5 Å². The molecule has 178 valence electrons. The number of nitro benzene ring substituents is 1. The number of anilines is 1. The monoisotopic (exact) mass is 555 g/mol. The van der Waals surface area contributed by atoms with Crippen molar-refractivity contribution in [2.75, 3.05) is 11.9 Å². The van der Waals surface area contributed by atoms with Crippen molar-refractivity contribution < 1.29 is 19.2 Å². The molecule has 0 aliphatic carbocycles. The van der Waals surface area contributed by atoms with Crippen LogP contribution in [0.3, 0.4) is 0 Å². The number of nitriles is 1. The maximum atomic E-state index is 12.6. The Morgan fingerprint density at radius 2 is 1.86 bits per heavy atom. The van der Waals surface area contributed by atoms with E-state index in [2.05, 4.69) is 21.2 Å². The molecule has 1 N–H and O–H groups in total. The fraction of sp³-hybridized carbons (Fsp3) is 0.120. The lowest BCUT2D eigenvalue weighted by atomic mass is 10.1. The number of ether oxygens (including phenoxy) is 2. The molecule has 10 heteroatoms. The summed E-state index contributed by atoms with van der Waals surface area (Å²) in [7, 11) is 0. The van der Waals surface area contributed by atoms with E-state index in [1.807, 2.05) is 6.07 Å². The van der Waals surface area contributed by atoms with Crippen LogP contribution in [0.4, 0.5) is 11.4 Å². The van der Waals surface area contributed by atoms with Crippen LogP contribution in [0.25, 0.3) is 6.08 Å². The highest BCUT2D eigenvalue weighted by atomic mass is 79.9. The third kappa shape index (κ3) is 7.06. The summed E-state index contributed by atoms with van der Waals surface area (Å²) < 4.78 is 12.4. The highest BCUT2D eigenvalue weighted by Gasteiger charge is 2.15. The van der Waals surface area contributed by atoms with E-state index in [1.54, 1.807) is 55.5 Å². The molecule has 0 saturated heterocycles. The quantitative estimate of drug-likeness (QED) is 0.139. The van der Waals surface area contributed by atoms with Crippen LogP contribution in [-0.2, 0) is 11.4 Å². The Bertz CT molecular complexity index is 1300. The van der Waals surface area contributed by atoms with Crippen LogP contribution >= 0.6 is 27.5 Å². The first-order chi connectivity index (χ1) is 16.8. The van der Waals surface area contributed by atoms with Gasteiger partial charge in [-0.25, -0.2) is 0 Å². The molecular weight excluding hydrogens is 538 g/mol. The van der Waals surface area contributed by atoms with E-state index in [0.717, 1.165) is 4.47 Å². The molecule has 0 aliphatic heterocycles. The zero-order valence-corrected chi connectivity index (χ0v) is 20.8. The van der Waals surface area contributed by atoms with Crippen LogP contribution in [0.1, 0.15) is 18.1 Å². The van der Waals surface area contributed by atoms with E-state index in [1.165, 1.54) is 18.2 Å². The Morgan fingerprint density at radius 3 is 2.46 bits per heavy atom. The summed E-state index contributed by atoms with van der Waals surface area (Å²) in [5.74, 6) is 0.0445. The fourth-order valence-corrected chi connectivity index (χ4v) is 3.53. The van der Waals surface area contributed by atoms with Gasteiger partial charge in [0.15, 0.2) is 11.5 Å². The first-order valence-electron chi connectivity index (χ1n) is 10.3. The maximum Gasteiger partial charge on any atom is 0.269 e. The summed E-state index contributed by atoms with van der Waals surface area (Å²) in [5, 5.41) is 23.2. The van der Waals surface area contributed by atoms with E-state index >= 15 is 0 Å². The summed E-state index contributed by atoms with van der Waals surface area (Å²) >= 11 is 9.77. The lowest BCUT2D eigenvalue weighted by Gasteiger charge is -2.15. The van der Waals surface area contributed by atoms with Crippen molar-refractivity contribution in [3.05, 3.63) is 97.0 Å². The molecule has 3 rings (SSSR count). The average Bonchev–Trinajstić information content (AvgIpc) is 2.83. The van der Waals surface area contributed by atoms with Gasteiger partial charge in [0, 0.05) is 22.3 Å². The molecule has 0 aromatic heterocycles. The second-order valence-corrected chi connectivity index (χ2v) is 8.43. The Balaban J connectivity index is 1.81. The van der Waals surface area contributed by atoms with Crippen molar-refractivity contribution in [2.45, 2.75) is 13.5 Å². The van der Waals surface area contributed by atoms with Crippen molar-refractivity contribution in [3.8, 4) is 17.6 Å². The van der Waals surface area contributed by atoms with E-state index in [-0.39, 0.29) is 28.6 Å². The normalized spacial score (nSPS) is 10.9. The Hall–Kier alpha value is -3.87. The van der Waals surface area contributed by atoms with Crippen molar-refractivity contribution >= 4 is 50.9 Å². The highest BCUT2D eigenvalue weighted by molar-refractivity contribution is 9.10. The SMILES string of the molecule is CCOc1cc(/C=C(\C#N)C(=O)Nc2ccc(Br)cc2)cc(Cl)c1OCc1ccc([N+](=O)[O-])cc1. The number of amides is 1. The van der Waals surface area contributed by atoms with Gasteiger partial charge in [-0.2, -0.15) is 5.26 Å². The molecular formula is C25H19BrClN3O5. The van der Waals surface area contributed by atoms with Crippen LogP contribution in [0.5, 0.6) is 11.5 Å². The number of carbonyl (C=O) groups excluding carboxylic acids is 1. The van der Waals surface area contributed by atoms with Crippen LogP contribution in [0, 0.1) is 21.4 Å². The molecule has 0 fully saturated rings. The highest BCUT2D eigenvalue weighted by Crippen LogP contribution is 2.38. The predicted molar refractivity (Wildman–Crippen MR) is 136 cm³/mol. The van der Waals surface area contributed by atoms with E-state index in [4.69, 9.17) is 21.1 Å². The predicted octanol–water partition coefficient (Wildman–Crippen LogP) is 6.53. The second-order valence-electron chi connectivity index (χ2n) is 7.11. The standard InChI is InChI=1S/C25H19BrClN3O5/c1-2-34-23-13-17(11-18(14-28)25(31)29-20-7-5-19(26)6-8-20)12-22(27)24(23)35-15-16-3-9-21(10-4-16)30(32)33/h3-13H,2,15H2,1H3,(H,29,31)/b18-11+. The molecule has 35 heavy (non-hydrogen) atoms. The van der Waals surface area contributed by atoms with E-state index in [0.29, 0.717) is 29.2 Å². The Morgan fingerprint density at radius 1 is 1.17 bits per heavy atom. The summed E-state index contributed by atoms with van der Waals surface area (Å²) in [4.78, 5) is 22.9. The second kappa shape index (κ2) is 12.0. The summed E-state index contributed by atoms with van der Waals surface area (Å²) in [6.07, 6.45) is 1.41. The molecule has 8 nitrogen and oxygen atoms in total. The minimum atomic E-state index is -0.567. The molecule has 1 amide bonds. The van der Waals surface area contributed by atoms with Gasteiger partial charge in [0.1, 0.15) is 18.2 Å². The molecule has 0 spiro atoms. The third-order valence-electron chi connectivity index (χ3n) is 4.64. The molecule has 3 aromatic carbocycles. The van der Waals surface area contributed by atoms with Gasteiger partial charge >= 0.3 is 0 Å². The van der Waals surface area contributed by atoms with Crippen LogP contribution in [0.15, 0.2) is 70.7 Å². The van der Waals surface area contributed by atoms with Gasteiger partial charge in [-0.05, 0) is 72.7 Å². The van der Waals surface area contributed by atoms with Gasteiger partial charge in [-0.3, -0.25) is 14.9 Å². The number of rotatable bonds is 9. The number of hydrogen-bond acceptors (Lipinski definition) is 6. The van der Waals surface area contributed by atoms with Gasteiger partial charge in [0.2, 0.25) is 0 Å². The number of non-ortho nitro benzene ring substituents is 1. The van der Waals surface area contributed by atoms with Crippen LogP contribution < -0.4 is 14.8 Å². The summed E-state index contributed by atoms with van der Waals surface area (Å²) in [5.41, 5.74) is 1.59. The lowest BCUT2D eigenvalue weighted by molar-refractivity contribution is -0.384. The molecule has 0 bridgehead atoms. The van der Waals surface area contributed by atoms with Crippen LogP contribution in [-0.4, -0.2) is 17.4 Å². The van der Waals surface area contributed by atoms with E-state index < -0.39 is 10.8 Å². The zero-order valence-electron chi connectivity index (χ0n) is 18.5. The van der Waals surface area contributed by atoms with Gasteiger partial charge in [0.05, 0.1) is 16.6 Å². The maximum absolute atomic E-state index is 12.6. The number of halogens is 2. The largest absolute Gasteiger partial charge is 0.490 e. The first kappa shape index (κ1) is 25.7. The number of carbonyl (C=O) groups is 1. The van der Waals surface area contributed by atoms with Crippen molar-refractivity contribution in [3.63, 3.8) is 0 Å². The minimum Gasteiger partial charge on any atom is -0.490 e. The van der Waals surface area contributed by atoms with Gasteiger partial charge in [0.25, 0.3) is 11.6 Å². The molecule has 0 atom stereocenters. The van der Waals surface area contributed by atoms with Crippen LogP contribution in [0.2, 0.25) is 5.02 Å². The van der Waals surface area contributed by atoms with Crippen molar-refractivity contribution in [2.24, 2.45) is 0 Å². The number of nitrogens with one attached hydrogen (secondary N) is 1. The fourth-order valence-electron chi connectivity index (χ4n) is 2.99. The lowest BCUT2D eigenvalue weighted by Crippen LogP contribution is -2.13. The molecule has 0 unspecified atom stereocenters. The summed E-state index contributed by atoms with van der Waals surface area (Å²) in [6, 6.07) is 18.0. The molecule has 0 aliphatic rings. The molecule has 0 heterocycles.